The minimum absolute atomic E-state index is 0.204. The van der Waals surface area contributed by atoms with Crippen molar-refractivity contribution < 1.29 is 9.21 Å². The van der Waals surface area contributed by atoms with Crippen LogP contribution in [-0.4, -0.2) is 27.8 Å². The van der Waals surface area contributed by atoms with Crippen LogP contribution in [0.25, 0.3) is 11.0 Å². The number of aromatic nitrogens is 2. The van der Waals surface area contributed by atoms with Gasteiger partial charge in [0.2, 0.25) is 0 Å². The maximum absolute atomic E-state index is 11.7. The molecule has 0 saturated carbocycles. The Bertz CT molecular complexity index is 789. The number of para-hydroxylation sites is 2. The van der Waals surface area contributed by atoms with E-state index in [1.165, 1.54) is 18.0 Å². The van der Waals surface area contributed by atoms with Crippen molar-refractivity contribution in [3.63, 3.8) is 0 Å². The molecule has 0 saturated heterocycles. The van der Waals surface area contributed by atoms with E-state index in [4.69, 9.17) is 4.42 Å². The van der Waals surface area contributed by atoms with Crippen LogP contribution in [0.4, 0.5) is 0 Å². The van der Waals surface area contributed by atoms with Crippen LogP contribution in [0.5, 0.6) is 0 Å². The third kappa shape index (κ3) is 3.56. The van der Waals surface area contributed by atoms with Gasteiger partial charge in [-0.2, -0.15) is 5.10 Å². The van der Waals surface area contributed by atoms with Crippen molar-refractivity contribution in [1.29, 1.82) is 0 Å². The Morgan fingerprint density at radius 1 is 1.41 bits per heavy atom. The highest BCUT2D eigenvalue weighted by molar-refractivity contribution is 7.99. The van der Waals surface area contributed by atoms with Gasteiger partial charge in [-0.1, -0.05) is 23.9 Å². The lowest BCUT2D eigenvalue weighted by atomic mass is 10.3. The number of furan rings is 1. The van der Waals surface area contributed by atoms with E-state index in [0.29, 0.717) is 10.9 Å². The van der Waals surface area contributed by atoms with Gasteiger partial charge in [-0.05, 0) is 31.2 Å². The number of aryl methyl sites for hydroxylation is 1. The van der Waals surface area contributed by atoms with Gasteiger partial charge in [-0.3, -0.25) is 4.79 Å². The molecule has 0 fully saturated rings. The maximum Gasteiger partial charge on any atom is 0.250 e. The summed E-state index contributed by atoms with van der Waals surface area (Å²) in [5.41, 5.74) is 4.29. The summed E-state index contributed by atoms with van der Waals surface area (Å²) in [6, 6.07) is 11.4. The average molecular weight is 314 g/mol. The molecule has 0 aliphatic heterocycles. The van der Waals surface area contributed by atoms with Gasteiger partial charge in [0, 0.05) is 0 Å². The number of aromatic amines is 1. The van der Waals surface area contributed by atoms with E-state index < -0.39 is 0 Å². The number of nitrogens with zero attached hydrogens (tertiary/aromatic N) is 2. The molecule has 0 bridgehead atoms. The molecule has 0 radical (unpaired) electrons. The van der Waals surface area contributed by atoms with E-state index in [1.807, 2.05) is 37.3 Å². The van der Waals surface area contributed by atoms with Gasteiger partial charge >= 0.3 is 0 Å². The highest BCUT2D eigenvalue weighted by Crippen LogP contribution is 2.18. The third-order valence-corrected chi connectivity index (χ3v) is 3.72. The number of carbonyl (C=O) groups excluding carboxylic acids is 1. The van der Waals surface area contributed by atoms with Crippen LogP contribution in [0, 0.1) is 6.92 Å². The van der Waals surface area contributed by atoms with Crippen molar-refractivity contribution in [3.05, 3.63) is 47.9 Å². The smallest absolute Gasteiger partial charge is 0.250 e. The number of hydrogen-bond donors (Lipinski definition) is 2. The monoisotopic (exact) mass is 314 g/mol. The second-order valence-corrected chi connectivity index (χ2v) is 5.55. The molecule has 0 spiro atoms. The first-order chi connectivity index (χ1) is 10.7. The molecule has 7 heteroatoms. The number of benzene rings is 1. The maximum atomic E-state index is 11.7. The molecule has 22 heavy (non-hydrogen) atoms. The second kappa shape index (κ2) is 6.48. The molecule has 3 rings (SSSR count). The number of rotatable bonds is 5. The van der Waals surface area contributed by atoms with Crippen molar-refractivity contribution in [2.75, 3.05) is 5.75 Å². The number of fused-ring (bicyclic) bond motifs is 1. The second-order valence-electron chi connectivity index (χ2n) is 4.59. The Hall–Kier alpha value is -2.54. The number of imidazole rings is 1. The van der Waals surface area contributed by atoms with Crippen molar-refractivity contribution >= 4 is 34.9 Å². The quantitative estimate of drug-likeness (QED) is 0.431. The van der Waals surface area contributed by atoms with Gasteiger partial charge in [0.15, 0.2) is 5.16 Å². The van der Waals surface area contributed by atoms with E-state index in [1.54, 1.807) is 6.07 Å². The number of thioether (sulfide) groups is 1. The summed E-state index contributed by atoms with van der Waals surface area (Å²) in [7, 11) is 0. The lowest BCUT2D eigenvalue weighted by molar-refractivity contribution is -0.118. The molecule has 0 atom stereocenters. The van der Waals surface area contributed by atoms with Crippen LogP contribution in [0.1, 0.15) is 11.5 Å². The highest BCUT2D eigenvalue weighted by Gasteiger charge is 2.06. The van der Waals surface area contributed by atoms with Crippen molar-refractivity contribution in [1.82, 2.24) is 15.4 Å². The first-order valence-electron chi connectivity index (χ1n) is 6.66. The predicted octanol–water partition coefficient (Wildman–Crippen LogP) is 2.71. The first kappa shape index (κ1) is 14.4. The summed E-state index contributed by atoms with van der Waals surface area (Å²) < 4.78 is 5.31. The normalized spacial score (nSPS) is 11.3. The van der Waals surface area contributed by atoms with Crippen molar-refractivity contribution in [3.8, 4) is 0 Å². The lowest BCUT2D eigenvalue weighted by Gasteiger charge is -1.97. The molecule has 2 heterocycles. The minimum Gasteiger partial charge on any atom is -0.460 e. The van der Waals surface area contributed by atoms with E-state index in [9.17, 15) is 4.79 Å². The fourth-order valence-corrected chi connectivity index (χ4v) is 2.53. The highest BCUT2D eigenvalue weighted by atomic mass is 32.2. The van der Waals surface area contributed by atoms with E-state index in [0.717, 1.165) is 16.8 Å². The molecule has 6 nitrogen and oxygen atoms in total. The summed E-state index contributed by atoms with van der Waals surface area (Å²) in [4.78, 5) is 19.3. The summed E-state index contributed by atoms with van der Waals surface area (Å²) in [6.07, 6.45) is 1.47. The van der Waals surface area contributed by atoms with Crippen LogP contribution in [0.15, 0.2) is 51.1 Å². The van der Waals surface area contributed by atoms with Crippen molar-refractivity contribution in [2.24, 2.45) is 5.10 Å². The molecule has 0 aliphatic rings. The number of carbonyl (C=O) groups is 1. The number of hydrazone groups is 1. The third-order valence-electron chi connectivity index (χ3n) is 2.85. The van der Waals surface area contributed by atoms with Gasteiger partial charge in [-0.15, -0.1) is 0 Å². The fraction of sp³-hybridized carbons (Fsp3) is 0.133. The van der Waals surface area contributed by atoms with E-state index in [-0.39, 0.29) is 11.7 Å². The molecule has 1 amide bonds. The molecule has 0 aliphatic carbocycles. The summed E-state index contributed by atoms with van der Waals surface area (Å²) in [5, 5.41) is 4.56. The fourth-order valence-electron chi connectivity index (χ4n) is 1.85. The lowest BCUT2D eigenvalue weighted by Crippen LogP contribution is -2.19. The molecule has 0 unspecified atom stereocenters. The van der Waals surface area contributed by atoms with Gasteiger partial charge in [0.25, 0.3) is 5.91 Å². The van der Waals surface area contributed by atoms with E-state index in [2.05, 4.69) is 20.5 Å². The molecular weight excluding hydrogens is 300 g/mol. The number of H-pyrrole nitrogens is 1. The first-order valence-corrected chi connectivity index (χ1v) is 7.65. The summed E-state index contributed by atoms with van der Waals surface area (Å²) in [6.45, 7) is 1.85. The average Bonchev–Trinajstić information content (AvgIpc) is 3.11. The van der Waals surface area contributed by atoms with Gasteiger partial charge < -0.3 is 9.40 Å². The Morgan fingerprint density at radius 2 is 2.27 bits per heavy atom. The van der Waals surface area contributed by atoms with E-state index >= 15 is 0 Å². The van der Waals surface area contributed by atoms with Gasteiger partial charge in [0.05, 0.1) is 23.0 Å². The van der Waals surface area contributed by atoms with Crippen LogP contribution in [0.3, 0.4) is 0 Å². The summed E-state index contributed by atoms with van der Waals surface area (Å²) >= 11 is 1.33. The largest absolute Gasteiger partial charge is 0.460 e. The van der Waals surface area contributed by atoms with Gasteiger partial charge in [0.1, 0.15) is 11.5 Å². The zero-order chi connectivity index (χ0) is 15.4. The molecular formula is C15H14N4O2S. The molecule has 3 aromatic rings. The standard InChI is InChI=1S/C15H14N4O2S/c1-10-6-7-11(21-10)8-16-19-14(20)9-22-15-17-12-4-2-3-5-13(12)18-15/h2-8H,9H2,1H3,(H,17,18)(H,19,20)/b16-8+. The van der Waals surface area contributed by atoms with Crippen molar-refractivity contribution in [2.45, 2.75) is 12.1 Å². The molecule has 2 N–H and O–H groups in total. The number of nitrogens with one attached hydrogen (secondary N) is 2. The van der Waals surface area contributed by atoms with Crippen LogP contribution >= 0.6 is 11.8 Å². The zero-order valence-corrected chi connectivity index (χ0v) is 12.7. The number of amides is 1. The topological polar surface area (TPSA) is 83.3 Å². The van der Waals surface area contributed by atoms with Crippen LogP contribution < -0.4 is 5.43 Å². The predicted molar refractivity (Wildman–Crippen MR) is 86.0 cm³/mol. The van der Waals surface area contributed by atoms with Crippen LogP contribution in [-0.2, 0) is 4.79 Å². The minimum atomic E-state index is -0.204. The van der Waals surface area contributed by atoms with Gasteiger partial charge in [-0.25, -0.2) is 10.4 Å². The SMILES string of the molecule is Cc1ccc(/C=N/NC(=O)CSc2nc3ccccc3[nH]2)o1. The molecule has 112 valence electrons. The molecule has 1 aromatic carbocycles. The Morgan fingerprint density at radius 3 is 3.05 bits per heavy atom. The number of hydrogen-bond acceptors (Lipinski definition) is 5. The Labute approximate surface area is 131 Å². The Balaban J connectivity index is 1.50. The molecule has 2 aromatic heterocycles. The summed E-state index contributed by atoms with van der Waals surface area (Å²) in [5.74, 6) is 1.43. The zero-order valence-electron chi connectivity index (χ0n) is 11.9. The van der Waals surface area contributed by atoms with Crippen LogP contribution in [0.2, 0.25) is 0 Å². The Kier molecular flexibility index (Phi) is 4.24.